The van der Waals surface area contributed by atoms with Crippen molar-refractivity contribution < 1.29 is 0 Å². The number of anilines is 2. The minimum Gasteiger partial charge on any atom is -0.376 e. The molecule has 1 aliphatic heterocycles. The van der Waals surface area contributed by atoms with E-state index in [1.807, 2.05) is 0 Å². The fraction of sp³-hybridized carbons (Fsp3) is 0.143. The van der Waals surface area contributed by atoms with Gasteiger partial charge in [0.15, 0.2) is 0 Å². The van der Waals surface area contributed by atoms with Crippen LogP contribution in [0, 0.1) is 27.7 Å². The molecule has 0 spiro atoms. The van der Waals surface area contributed by atoms with Gasteiger partial charge in [0, 0.05) is 16.9 Å². The molecule has 0 N–H and O–H groups in total. The van der Waals surface area contributed by atoms with Gasteiger partial charge >= 0.3 is 6.85 Å². The molecule has 0 unspecified atom stereocenters. The summed E-state index contributed by atoms with van der Waals surface area (Å²) in [5.74, 6) is 0. The first kappa shape index (κ1) is 18.8. The van der Waals surface area contributed by atoms with Gasteiger partial charge in [0.05, 0.1) is 0 Å². The summed E-state index contributed by atoms with van der Waals surface area (Å²) in [6, 6.07) is 31.3. The topological polar surface area (TPSA) is 3.24 Å². The standard InChI is InChI=1S/C28H26BN/c1-19-13-15-23-24-16-14-20(2)18-28(24)30(27-12-8-6-10-22(27)4)29(26(23)17-19)25-11-7-5-9-21(25)3/h5-18H,1-4H3. The molecule has 0 atom stereocenters. The number of fused-ring (bicyclic) bond motifs is 3. The molecule has 0 saturated carbocycles. The first-order valence-electron chi connectivity index (χ1n) is 10.7. The lowest BCUT2D eigenvalue weighted by molar-refractivity contribution is 1.30. The Morgan fingerprint density at radius 3 is 1.90 bits per heavy atom. The third-order valence-electron chi connectivity index (χ3n) is 6.32. The molecule has 146 valence electrons. The van der Waals surface area contributed by atoms with Gasteiger partial charge in [-0.05, 0) is 67.4 Å². The normalized spacial score (nSPS) is 12.5. The van der Waals surface area contributed by atoms with Crippen LogP contribution in [0.2, 0.25) is 0 Å². The summed E-state index contributed by atoms with van der Waals surface area (Å²) in [6.07, 6.45) is 0. The highest BCUT2D eigenvalue weighted by atomic mass is 15.1. The van der Waals surface area contributed by atoms with Gasteiger partial charge in [-0.1, -0.05) is 83.9 Å². The molecular weight excluding hydrogens is 361 g/mol. The van der Waals surface area contributed by atoms with Gasteiger partial charge in [-0.3, -0.25) is 0 Å². The Labute approximate surface area is 180 Å². The highest BCUT2D eigenvalue weighted by molar-refractivity contribution is 6.91. The number of aryl methyl sites for hydroxylation is 4. The summed E-state index contributed by atoms with van der Waals surface area (Å²) in [6.45, 7) is 8.95. The van der Waals surface area contributed by atoms with Crippen molar-refractivity contribution >= 4 is 29.1 Å². The van der Waals surface area contributed by atoms with Crippen LogP contribution in [-0.4, -0.2) is 6.85 Å². The molecular formula is C28H26BN. The molecule has 0 amide bonds. The van der Waals surface area contributed by atoms with E-state index in [0.717, 1.165) is 0 Å². The second-order valence-electron chi connectivity index (χ2n) is 8.53. The van der Waals surface area contributed by atoms with E-state index in [0.29, 0.717) is 0 Å². The molecule has 0 aromatic heterocycles. The zero-order chi connectivity index (χ0) is 20.8. The van der Waals surface area contributed by atoms with Crippen molar-refractivity contribution in [2.24, 2.45) is 0 Å². The summed E-state index contributed by atoms with van der Waals surface area (Å²) in [5.41, 5.74) is 13.1. The first-order valence-corrected chi connectivity index (χ1v) is 10.7. The van der Waals surface area contributed by atoms with E-state index in [-0.39, 0.29) is 6.85 Å². The maximum Gasteiger partial charge on any atom is 0.329 e. The Morgan fingerprint density at radius 1 is 0.533 bits per heavy atom. The predicted molar refractivity (Wildman–Crippen MR) is 131 cm³/mol. The zero-order valence-electron chi connectivity index (χ0n) is 18.1. The van der Waals surface area contributed by atoms with E-state index in [1.54, 1.807) is 0 Å². The largest absolute Gasteiger partial charge is 0.376 e. The Kier molecular flexibility index (Phi) is 4.51. The third-order valence-corrected chi connectivity index (χ3v) is 6.32. The lowest BCUT2D eigenvalue weighted by atomic mass is 9.44. The van der Waals surface area contributed by atoms with Gasteiger partial charge in [-0.25, -0.2) is 0 Å². The second-order valence-corrected chi connectivity index (χ2v) is 8.53. The van der Waals surface area contributed by atoms with Gasteiger partial charge in [-0.2, -0.15) is 0 Å². The van der Waals surface area contributed by atoms with Crippen molar-refractivity contribution in [1.82, 2.24) is 0 Å². The van der Waals surface area contributed by atoms with Crippen molar-refractivity contribution in [2.45, 2.75) is 27.7 Å². The van der Waals surface area contributed by atoms with Crippen molar-refractivity contribution in [2.75, 3.05) is 4.81 Å². The minimum absolute atomic E-state index is 0.136. The maximum absolute atomic E-state index is 2.56. The molecule has 0 saturated heterocycles. The highest BCUT2D eigenvalue weighted by Crippen LogP contribution is 2.41. The van der Waals surface area contributed by atoms with E-state index in [2.05, 4.69) is 117 Å². The van der Waals surface area contributed by atoms with E-state index in [1.165, 1.54) is 55.7 Å². The zero-order valence-corrected chi connectivity index (χ0v) is 18.1. The SMILES string of the molecule is Cc1ccc2c(c1)B(c1ccccc1C)N(c1ccccc1C)c1cc(C)ccc1-2. The summed E-state index contributed by atoms with van der Waals surface area (Å²) in [4.78, 5) is 2.56. The lowest BCUT2D eigenvalue weighted by Crippen LogP contribution is -2.58. The summed E-state index contributed by atoms with van der Waals surface area (Å²) in [7, 11) is 0. The number of hydrogen-bond acceptors (Lipinski definition) is 1. The van der Waals surface area contributed by atoms with Crippen LogP contribution in [0.15, 0.2) is 84.9 Å². The van der Waals surface area contributed by atoms with Crippen LogP contribution in [0.25, 0.3) is 11.1 Å². The Morgan fingerprint density at radius 2 is 1.17 bits per heavy atom. The number of nitrogens with zero attached hydrogens (tertiary/aromatic N) is 1. The Bertz CT molecular complexity index is 1160. The first-order chi connectivity index (χ1) is 14.5. The van der Waals surface area contributed by atoms with Crippen LogP contribution in [0.4, 0.5) is 11.4 Å². The van der Waals surface area contributed by atoms with Crippen molar-refractivity contribution in [3.8, 4) is 11.1 Å². The van der Waals surface area contributed by atoms with Crippen molar-refractivity contribution in [3.63, 3.8) is 0 Å². The molecule has 1 aliphatic rings. The molecule has 2 heteroatoms. The molecule has 1 heterocycles. The average molecular weight is 387 g/mol. The number of benzene rings is 4. The second kappa shape index (κ2) is 7.21. The van der Waals surface area contributed by atoms with Crippen LogP contribution in [0.5, 0.6) is 0 Å². The van der Waals surface area contributed by atoms with Crippen molar-refractivity contribution in [3.05, 3.63) is 107 Å². The molecule has 0 aliphatic carbocycles. The highest BCUT2D eigenvalue weighted by Gasteiger charge is 2.38. The van der Waals surface area contributed by atoms with Crippen LogP contribution in [-0.2, 0) is 0 Å². The molecule has 5 rings (SSSR count). The quantitative estimate of drug-likeness (QED) is 0.390. The fourth-order valence-corrected chi connectivity index (χ4v) is 4.80. The molecule has 4 aromatic carbocycles. The van der Waals surface area contributed by atoms with Crippen LogP contribution >= 0.6 is 0 Å². The number of hydrogen-bond donors (Lipinski definition) is 0. The molecule has 1 nitrogen and oxygen atoms in total. The van der Waals surface area contributed by atoms with Gasteiger partial charge in [0.1, 0.15) is 0 Å². The predicted octanol–water partition coefficient (Wildman–Crippen LogP) is 5.84. The monoisotopic (exact) mass is 387 g/mol. The lowest BCUT2D eigenvalue weighted by Gasteiger charge is -2.40. The van der Waals surface area contributed by atoms with E-state index in [9.17, 15) is 0 Å². The minimum atomic E-state index is 0.136. The average Bonchev–Trinajstić information content (AvgIpc) is 2.74. The van der Waals surface area contributed by atoms with E-state index in [4.69, 9.17) is 0 Å². The van der Waals surface area contributed by atoms with Crippen molar-refractivity contribution in [1.29, 1.82) is 0 Å². The Balaban J connectivity index is 1.90. The number of para-hydroxylation sites is 1. The fourth-order valence-electron chi connectivity index (χ4n) is 4.80. The van der Waals surface area contributed by atoms with Crippen LogP contribution in [0.1, 0.15) is 22.3 Å². The summed E-state index contributed by atoms with van der Waals surface area (Å²) >= 11 is 0. The molecule has 4 aromatic rings. The smallest absolute Gasteiger partial charge is 0.329 e. The molecule has 0 radical (unpaired) electrons. The molecule has 30 heavy (non-hydrogen) atoms. The molecule has 0 fully saturated rings. The van der Waals surface area contributed by atoms with E-state index >= 15 is 0 Å². The van der Waals surface area contributed by atoms with Gasteiger partial charge in [0.25, 0.3) is 0 Å². The maximum atomic E-state index is 2.56. The summed E-state index contributed by atoms with van der Waals surface area (Å²) < 4.78 is 0. The number of rotatable bonds is 2. The van der Waals surface area contributed by atoms with Crippen LogP contribution in [0.3, 0.4) is 0 Å². The van der Waals surface area contributed by atoms with E-state index < -0.39 is 0 Å². The van der Waals surface area contributed by atoms with Gasteiger partial charge in [0.2, 0.25) is 0 Å². The van der Waals surface area contributed by atoms with Crippen LogP contribution < -0.4 is 15.7 Å². The Hall–Kier alpha value is -3.26. The summed E-state index contributed by atoms with van der Waals surface area (Å²) in [5, 5.41) is 0. The third kappa shape index (κ3) is 2.95. The van der Waals surface area contributed by atoms with Gasteiger partial charge < -0.3 is 4.81 Å². The van der Waals surface area contributed by atoms with Gasteiger partial charge in [-0.15, -0.1) is 0 Å². The molecule has 0 bridgehead atoms.